The van der Waals surface area contributed by atoms with Crippen LogP contribution in [0.5, 0.6) is 0 Å². The van der Waals surface area contributed by atoms with E-state index in [4.69, 9.17) is 4.74 Å². The van der Waals surface area contributed by atoms with Crippen molar-refractivity contribution in [1.29, 1.82) is 0 Å². The van der Waals surface area contributed by atoms with Gasteiger partial charge in [-0.15, -0.1) is 0 Å². The predicted molar refractivity (Wildman–Crippen MR) is 97.4 cm³/mol. The number of nitrogens with zero attached hydrogens (tertiary/aromatic N) is 1. The normalized spacial score (nSPS) is 20.4. The third-order valence-electron chi connectivity index (χ3n) is 4.67. The van der Waals surface area contributed by atoms with Gasteiger partial charge in [0.1, 0.15) is 12.1 Å². The van der Waals surface area contributed by atoms with Crippen LogP contribution in [0.15, 0.2) is 30.3 Å². The molecule has 0 saturated carbocycles. The number of esters is 1. The molecule has 1 heterocycles. The van der Waals surface area contributed by atoms with E-state index in [1.165, 1.54) is 0 Å². The molecule has 8 heteroatoms. The smallest absolute Gasteiger partial charge is 0.326 e. The minimum Gasteiger partial charge on any atom is -0.454 e. The maximum atomic E-state index is 12.7. The molecule has 4 amide bonds. The Hall–Kier alpha value is -2.90. The molecule has 1 aliphatic rings. The van der Waals surface area contributed by atoms with Crippen molar-refractivity contribution in [3.63, 3.8) is 0 Å². The molecule has 1 aromatic carbocycles. The van der Waals surface area contributed by atoms with E-state index in [0.29, 0.717) is 5.56 Å². The van der Waals surface area contributed by atoms with E-state index in [0.717, 1.165) is 4.90 Å². The van der Waals surface area contributed by atoms with Crippen LogP contribution in [0.4, 0.5) is 4.79 Å². The molecule has 0 aliphatic carbocycles. The molecular weight excluding hydrogens is 350 g/mol. The summed E-state index contributed by atoms with van der Waals surface area (Å²) in [7, 11) is 0. The van der Waals surface area contributed by atoms with Gasteiger partial charge in [0.2, 0.25) is 0 Å². The van der Waals surface area contributed by atoms with Gasteiger partial charge in [-0.1, -0.05) is 44.2 Å². The lowest BCUT2D eigenvalue weighted by Gasteiger charge is -2.22. The molecule has 8 nitrogen and oxygen atoms in total. The Morgan fingerprint density at radius 1 is 1.19 bits per heavy atom. The van der Waals surface area contributed by atoms with E-state index in [1.54, 1.807) is 37.3 Å². The first-order chi connectivity index (χ1) is 12.6. The van der Waals surface area contributed by atoms with Gasteiger partial charge in [-0.25, -0.2) is 4.79 Å². The van der Waals surface area contributed by atoms with Crippen LogP contribution in [0.2, 0.25) is 0 Å². The van der Waals surface area contributed by atoms with Crippen molar-refractivity contribution < 1.29 is 23.9 Å². The summed E-state index contributed by atoms with van der Waals surface area (Å²) in [5, 5.41) is 5.31. The zero-order valence-corrected chi connectivity index (χ0v) is 15.9. The van der Waals surface area contributed by atoms with E-state index in [-0.39, 0.29) is 12.0 Å². The molecule has 1 aromatic rings. The number of hydrogen-bond donors (Lipinski definition) is 2. The molecule has 0 radical (unpaired) electrons. The third kappa shape index (κ3) is 4.64. The van der Waals surface area contributed by atoms with Crippen molar-refractivity contribution in [2.24, 2.45) is 5.92 Å². The van der Waals surface area contributed by atoms with Crippen LogP contribution >= 0.6 is 0 Å². The van der Waals surface area contributed by atoms with Gasteiger partial charge in [0.05, 0.1) is 0 Å². The standard InChI is InChI=1S/C19H25N3O5/c1-12(2)13(3)20-15(23)11-27-16(24)10-22-17(25)19(4,21-18(22)26)14-8-6-5-7-9-14/h5-9,12-13H,10-11H2,1-4H3,(H,20,23)(H,21,26)/t13-,19-/m1/s1. The Morgan fingerprint density at radius 3 is 2.41 bits per heavy atom. The number of carbonyl (C=O) groups is 4. The zero-order chi connectivity index (χ0) is 20.2. The monoisotopic (exact) mass is 375 g/mol. The second-order valence-electron chi connectivity index (χ2n) is 7.07. The summed E-state index contributed by atoms with van der Waals surface area (Å²) in [6.07, 6.45) is 0. The number of imide groups is 1. The SMILES string of the molecule is CC(C)[C@@H](C)NC(=O)COC(=O)CN1C(=O)N[C@](C)(c2ccccc2)C1=O. The molecule has 2 N–H and O–H groups in total. The van der Waals surface area contributed by atoms with Gasteiger partial charge in [-0.2, -0.15) is 0 Å². The van der Waals surface area contributed by atoms with Crippen LogP contribution < -0.4 is 10.6 Å². The van der Waals surface area contributed by atoms with Gasteiger partial charge in [-0.3, -0.25) is 19.3 Å². The highest BCUT2D eigenvalue weighted by molar-refractivity contribution is 6.08. The molecule has 2 atom stereocenters. The maximum absolute atomic E-state index is 12.7. The number of rotatable bonds is 7. The number of amides is 4. The van der Waals surface area contributed by atoms with E-state index in [9.17, 15) is 19.2 Å². The molecule has 1 fully saturated rings. The summed E-state index contributed by atoms with van der Waals surface area (Å²) in [4.78, 5) is 49.4. The summed E-state index contributed by atoms with van der Waals surface area (Å²) >= 11 is 0. The highest BCUT2D eigenvalue weighted by Gasteiger charge is 2.49. The Balaban J connectivity index is 1.93. The predicted octanol–water partition coefficient (Wildman–Crippen LogP) is 1.16. The Bertz CT molecular complexity index is 734. The zero-order valence-electron chi connectivity index (χ0n) is 15.9. The van der Waals surface area contributed by atoms with Crippen molar-refractivity contribution in [3.8, 4) is 0 Å². The van der Waals surface area contributed by atoms with Gasteiger partial charge in [0.25, 0.3) is 11.8 Å². The lowest BCUT2D eigenvalue weighted by atomic mass is 9.92. The molecular formula is C19H25N3O5. The average Bonchev–Trinajstić information content (AvgIpc) is 2.85. The van der Waals surface area contributed by atoms with E-state index < -0.39 is 42.5 Å². The fraction of sp³-hybridized carbons (Fsp3) is 0.474. The summed E-state index contributed by atoms with van der Waals surface area (Å²) in [5.41, 5.74) is -0.635. The largest absolute Gasteiger partial charge is 0.454 e. The molecule has 0 unspecified atom stereocenters. The van der Waals surface area contributed by atoms with Crippen LogP contribution in [0.25, 0.3) is 0 Å². The van der Waals surface area contributed by atoms with Crippen molar-refractivity contribution in [2.75, 3.05) is 13.2 Å². The van der Waals surface area contributed by atoms with E-state index in [2.05, 4.69) is 10.6 Å². The van der Waals surface area contributed by atoms with Crippen LogP contribution in [0.3, 0.4) is 0 Å². The van der Waals surface area contributed by atoms with Crippen molar-refractivity contribution in [3.05, 3.63) is 35.9 Å². The fourth-order valence-corrected chi connectivity index (χ4v) is 2.59. The molecule has 0 bridgehead atoms. The molecule has 27 heavy (non-hydrogen) atoms. The highest BCUT2D eigenvalue weighted by atomic mass is 16.5. The molecule has 1 saturated heterocycles. The maximum Gasteiger partial charge on any atom is 0.326 e. The fourth-order valence-electron chi connectivity index (χ4n) is 2.59. The quantitative estimate of drug-likeness (QED) is 0.550. The average molecular weight is 375 g/mol. The van der Waals surface area contributed by atoms with Crippen LogP contribution in [-0.2, 0) is 24.7 Å². The van der Waals surface area contributed by atoms with Crippen LogP contribution in [0.1, 0.15) is 33.3 Å². The van der Waals surface area contributed by atoms with Gasteiger partial charge in [-0.05, 0) is 25.3 Å². The summed E-state index contributed by atoms with van der Waals surface area (Å²) in [6, 6.07) is 8.02. The lowest BCUT2D eigenvalue weighted by molar-refractivity contribution is -0.151. The van der Waals surface area contributed by atoms with Crippen molar-refractivity contribution >= 4 is 23.8 Å². The molecule has 0 aromatic heterocycles. The molecule has 146 valence electrons. The third-order valence-corrected chi connectivity index (χ3v) is 4.67. The number of hydrogen-bond acceptors (Lipinski definition) is 5. The highest BCUT2D eigenvalue weighted by Crippen LogP contribution is 2.28. The number of carbonyl (C=O) groups excluding carboxylic acids is 4. The summed E-state index contributed by atoms with van der Waals surface area (Å²) in [6.45, 7) is 6.32. The summed E-state index contributed by atoms with van der Waals surface area (Å²) in [5.74, 6) is -1.57. The lowest BCUT2D eigenvalue weighted by Crippen LogP contribution is -2.42. The number of urea groups is 1. The summed E-state index contributed by atoms with van der Waals surface area (Å²) < 4.78 is 4.89. The number of benzene rings is 1. The van der Waals surface area contributed by atoms with Crippen molar-refractivity contribution in [2.45, 2.75) is 39.3 Å². The first-order valence-corrected chi connectivity index (χ1v) is 8.79. The number of nitrogens with one attached hydrogen (secondary N) is 2. The van der Waals surface area contributed by atoms with E-state index >= 15 is 0 Å². The van der Waals surface area contributed by atoms with Gasteiger partial charge in [0, 0.05) is 6.04 Å². The minimum atomic E-state index is -1.25. The molecule has 0 spiro atoms. The van der Waals surface area contributed by atoms with E-state index in [1.807, 2.05) is 20.8 Å². The second-order valence-corrected chi connectivity index (χ2v) is 7.07. The van der Waals surface area contributed by atoms with Gasteiger partial charge < -0.3 is 15.4 Å². The first kappa shape index (κ1) is 20.4. The topological polar surface area (TPSA) is 105 Å². The molecule has 2 rings (SSSR count). The van der Waals surface area contributed by atoms with Crippen LogP contribution in [-0.4, -0.2) is 47.9 Å². The first-order valence-electron chi connectivity index (χ1n) is 8.79. The van der Waals surface area contributed by atoms with Gasteiger partial charge in [0.15, 0.2) is 6.61 Å². The Morgan fingerprint density at radius 2 is 1.81 bits per heavy atom. The number of ether oxygens (including phenoxy) is 1. The van der Waals surface area contributed by atoms with Crippen LogP contribution in [0, 0.1) is 5.92 Å². The molecule has 1 aliphatic heterocycles. The van der Waals surface area contributed by atoms with Crippen molar-refractivity contribution in [1.82, 2.24) is 15.5 Å². The Kier molecular flexibility index (Phi) is 6.20. The van der Waals surface area contributed by atoms with Gasteiger partial charge >= 0.3 is 12.0 Å². The Labute approximate surface area is 158 Å². The second kappa shape index (κ2) is 8.20. The minimum absolute atomic E-state index is 0.0614.